The van der Waals surface area contributed by atoms with E-state index < -0.39 is 0 Å². The molecule has 2 aromatic heterocycles. The Bertz CT molecular complexity index is 798. The molecule has 128 valence electrons. The number of anilines is 1. The quantitative estimate of drug-likeness (QED) is 0.844. The number of rotatable bonds is 4. The Morgan fingerprint density at radius 3 is 2.80 bits per heavy atom. The van der Waals surface area contributed by atoms with Gasteiger partial charge in [0.25, 0.3) is 5.91 Å². The van der Waals surface area contributed by atoms with Crippen molar-refractivity contribution in [3.63, 3.8) is 0 Å². The summed E-state index contributed by atoms with van der Waals surface area (Å²) in [7, 11) is 0. The van der Waals surface area contributed by atoms with E-state index in [9.17, 15) is 4.79 Å². The van der Waals surface area contributed by atoms with Crippen LogP contribution in [0, 0.1) is 17.2 Å². The van der Waals surface area contributed by atoms with Crippen molar-refractivity contribution in [2.75, 3.05) is 24.5 Å². The lowest BCUT2D eigenvalue weighted by Gasteiger charge is -2.32. The van der Waals surface area contributed by atoms with Gasteiger partial charge in [-0.25, -0.2) is 9.97 Å². The van der Waals surface area contributed by atoms with E-state index in [0.29, 0.717) is 29.5 Å². The number of carbonyl (C=O) groups is 1. The second-order valence-electron chi connectivity index (χ2n) is 5.87. The van der Waals surface area contributed by atoms with E-state index >= 15 is 0 Å². The van der Waals surface area contributed by atoms with E-state index in [1.165, 1.54) is 6.20 Å². The summed E-state index contributed by atoms with van der Waals surface area (Å²) in [6, 6.07) is 3.84. The second kappa shape index (κ2) is 8.03. The topological polar surface area (TPSA) is 94.8 Å². The molecule has 3 rings (SSSR count). The van der Waals surface area contributed by atoms with Gasteiger partial charge in [0.2, 0.25) is 0 Å². The molecule has 1 aliphatic heterocycles. The zero-order chi connectivity index (χ0) is 17.6. The predicted molar refractivity (Wildman–Crippen MR) is 96.0 cm³/mol. The van der Waals surface area contributed by atoms with E-state index in [1.807, 2.05) is 0 Å². The van der Waals surface area contributed by atoms with Crippen molar-refractivity contribution < 1.29 is 4.79 Å². The molecule has 0 aliphatic carbocycles. The van der Waals surface area contributed by atoms with Crippen LogP contribution in [-0.4, -0.2) is 40.5 Å². The van der Waals surface area contributed by atoms with Crippen molar-refractivity contribution in [3.05, 3.63) is 46.6 Å². The maximum absolute atomic E-state index is 12.2. The lowest BCUT2D eigenvalue weighted by atomic mass is 9.96. The molecule has 0 radical (unpaired) electrons. The third kappa shape index (κ3) is 4.31. The third-order valence-corrected chi connectivity index (χ3v) is 4.65. The number of hydrogen-bond acceptors (Lipinski definition) is 6. The van der Waals surface area contributed by atoms with Crippen molar-refractivity contribution >= 4 is 27.7 Å². The van der Waals surface area contributed by atoms with Crippen LogP contribution in [0.4, 0.5) is 5.82 Å². The molecule has 0 aromatic carbocycles. The Kier molecular flexibility index (Phi) is 5.56. The molecule has 25 heavy (non-hydrogen) atoms. The van der Waals surface area contributed by atoms with Gasteiger partial charge < -0.3 is 10.2 Å². The first kappa shape index (κ1) is 17.3. The van der Waals surface area contributed by atoms with Gasteiger partial charge in [0.15, 0.2) is 11.5 Å². The summed E-state index contributed by atoms with van der Waals surface area (Å²) in [4.78, 5) is 26.6. The fourth-order valence-electron chi connectivity index (χ4n) is 2.86. The number of carbonyl (C=O) groups excluding carboxylic acids is 1. The first-order valence-corrected chi connectivity index (χ1v) is 8.81. The molecule has 1 N–H and O–H groups in total. The Labute approximate surface area is 154 Å². The van der Waals surface area contributed by atoms with Crippen molar-refractivity contribution in [1.29, 1.82) is 5.26 Å². The Morgan fingerprint density at radius 2 is 2.08 bits per heavy atom. The first-order chi connectivity index (χ1) is 12.2. The molecule has 0 spiro atoms. The Hall–Kier alpha value is -2.53. The maximum Gasteiger partial charge on any atom is 0.252 e. The fraction of sp³-hybridized carbons (Fsp3) is 0.353. The molecule has 0 bridgehead atoms. The van der Waals surface area contributed by atoms with Crippen LogP contribution in [0.1, 0.15) is 28.9 Å². The normalized spacial score (nSPS) is 14.8. The lowest BCUT2D eigenvalue weighted by Crippen LogP contribution is -2.39. The Balaban J connectivity index is 1.51. The minimum atomic E-state index is -0.114. The van der Waals surface area contributed by atoms with Crippen LogP contribution in [0.5, 0.6) is 0 Å². The predicted octanol–water partition coefficient (Wildman–Crippen LogP) is 2.15. The Morgan fingerprint density at radius 1 is 1.32 bits per heavy atom. The summed E-state index contributed by atoms with van der Waals surface area (Å²) in [5.74, 6) is 0.937. The highest BCUT2D eigenvalue weighted by Gasteiger charge is 2.23. The average molecular weight is 401 g/mol. The number of nitriles is 1. The number of amides is 1. The molecule has 7 nitrogen and oxygen atoms in total. The lowest BCUT2D eigenvalue weighted by molar-refractivity contribution is 0.0944. The second-order valence-corrected chi connectivity index (χ2v) is 6.79. The minimum absolute atomic E-state index is 0.114. The highest BCUT2D eigenvalue weighted by Crippen LogP contribution is 2.23. The summed E-state index contributed by atoms with van der Waals surface area (Å²) in [6.07, 6.45) is 8.20. The highest BCUT2D eigenvalue weighted by atomic mass is 79.9. The molecule has 1 aliphatic rings. The van der Waals surface area contributed by atoms with Gasteiger partial charge in [-0.3, -0.25) is 9.78 Å². The minimum Gasteiger partial charge on any atom is -0.354 e. The zero-order valence-electron chi connectivity index (χ0n) is 13.5. The van der Waals surface area contributed by atoms with Crippen LogP contribution in [0.25, 0.3) is 0 Å². The van der Waals surface area contributed by atoms with E-state index in [2.05, 4.69) is 47.2 Å². The van der Waals surface area contributed by atoms with E-state index in [1.54, 1.807) is 24.7 Å². The molecule has 3 heterocycles. The van der Waals surface area contributed by atoms with Gasteiger partial charge in [-0.05, 0) is 40.8 Å². The highest BCUT2D eigenvalue weighted by molar-refractivity contribution is 9.10. The van der Waals surface area contributed by atoms with Gasteiger partial charge in [0.05, 0.1) is 5.56 Å². The summed E-state index contributed by atoms with van der Waals surface area (Å²) < 4.78 is 0.783. The van der Waals surface area contributed by atoms with Crippen molar-refractivity contribution in [3.8, 4) is 6.07 Å². The summed E-state index contributed by atoms with van der Waals surface area (Å²) in [5, 5.41) is 12.1. The molecule has 0 unspecified atom stereocenters. The molecule has 1 fully saturated rings. The van der Waals surface area contributed by atoms with Crippen LogP contribution in [0.15, 0.2) is 35.3 Å². The van der Waals surface area contributed by atoms with Crippen molar-refractivity contribution in [1.82, 2.24) is 20.3 Å². The third-order valence-electron chi connectivity index (χ3n) is 4.22. The molecular formula is C17H17BrN6O. The van der Waals surface area contributed by atoms with Gasteiger partial charge in [-0.15, -0.1) is 0 Å². The molecule has 8 heteroatoms. The largest absolute Gasteiger partial charge is 0.354 e. The smallest absolute Gasteiger partial charge is 0.252 e. The number of piperidine rings is 1. The number of pyridine rings is 1. The van der Waals surface area contributed by atoms with Crippen LogP contribution in [-0.2, 0) is 0 Å². The van der Waals surface area contributed by atoms with Crippen LogP contribution in [0.2, 0.25) is 0 Å². The summed E-state index contributed by atoms with van der Waals surface area (Å²) in [6.45, 7) is 2.23. The van der Waals surface area contributed by atoms with Crippen molar-refractivity contribution in [2.45, 2.75) is 12.8 Å². The number of nitrogens with zero attached hydrogens (tertiary/aromatic N) is 5. The summed E-state index contributed by atoms with van der Waals surface area (Å²) in [5.41, 5.74) is 0.904. The van der Waals surface area contributed by atoms with Gasteiger partial charge >= 0.3 is 0 Å². The summed E-state index contributed by atoms with van der Waals surface area (Å²) >= 11 is 3.32. The number of nitrogens with one attached hydrogen (secondary N) is 1. The molecule has 0 saturated carbocycles. The van der Waals surface area contributed by atoms with Crippen LogP contribution in [0.3, 0.4) is 0 Å². The van der Waals surface area contributed by atoms with E-state index in [4.69, 9.17) is 5.26 Å². The molecule has 0 atom stereocenters. The number of hydrogen-bond donors (Lipinski definition) is 1. The van der Waals surface area contributed by atoms with Gasteiger partial charge in [0.1, 0.15) is 6.07 Å². The van der Waals surface area contributed by atoms with Gasteiger partial charge in [-0.1, -0.05) is 0 Å². The van der Waals surface area contributed by atoms with E-state index in [-0.39, 0.29) is 5.91 Å². The molecule has 1 amide bonds. The van der Waals surface area contributed by atoms with E-state index in [0.717, 1.165) is 30.4 Å². The average Bonchev–Trinajstić information content (AvgIpc) is 2.66. The maximum atomic E-state index is 12.2. The van der Waals surface area contributed by atoms with Crippen molar-refractivity contribution in [2.24, 2.45) is 5.92 Å². The first-order valence-electron chi connectivity index (χ1n) is 8.02. The SMILES string of the molecule is N#Cc1nccnc1N1CCC(CNC(=O)c2cncc(Br)c2)CC1. The standard InChI is InChI=1S/C17H17BrN6O/c18-14-7-13(10-20-11-14)17(25)23-9-12-1-5-24(6-2-12)16-15(8-19)21-3-4-22-16/h3-4,7,10-12H,1-2,5-6,9H2,(H,23,25). The zero-order valence-corrected chi connectivity index (χ0v) is 15.1. The van der Waals surface area contributed by atoms with Gasteiger partial charge in [0, 0.05) is 48.9 Å². The van der Waals surface area contributed by atoms with Crippen LogP contribution >= 0.6 is 15.9 Å². The fourth-order valence-corrected chi connectivity index (χ4v) is 3.23. The monoisotopic (exact) mass is 400 g/mol. The van der Waals surface area contributed by atoms with Crippen LogP contribution < -0.4 is 10.2 Å². The molecule has 2 aromatic rings. The molecule has 1 saturated heterocycles. The molecular weight excluding hydrogens is 384 g/mol. The van der Waals surface area contributed by atoms with Gasteiger partial charge in [-0.2, -0.15) is 5.26 Å². The number of halogens is 1. The number of aromatic nitrogens is 3.